The number of nitrogens with one attached hydrogen (secondary N) is 6. The van der Waals surface area contributed by atoms with E-state index in [0.29, 0.717) is 49.1 Å². The average molecular weight is 1240 g/mol. The fraction of sp³-hybridized carbons (Fsp3) is 0.771. The van der Waals surface area contributed by atoms with E-state index in [0.717, 1.165) is 121 Å². The molecule has 6 N–H and O–H groups in total. The predicted octanol–water partition coefficient (Wildman–Crippen LogP) is 12.7. The number of amides is 1. The molecular formula is C70H118ClF3N12O. The first-order valence-electron chi connectivity index (χ1n) is 34.5. The summed E-state index contributed by atoms with van der Waals surface area (Å²) < 4.78 is 41.0. The number of nitrogens with zero attached hydrogens (tertiary/aromatic N) is 6. The van der Waals surface area contributed by atoms with Gasteiger partial charge in [-0.15, -0.1) is 0 Å². The number of piperidine rings is 1. The Morgan fingerprint density at radius 1 is 0.828 bits per heavy atom. The quantitative estimate of drug-likeness (QED) is 0.134. The number of fused-ring (bicyclic) bond motifs is 2. The molecule has 2 aliphatic carbocycles. The summed E-state index contributed by atoms with van der Waals surface area (Å²) in [6.07, 6.45) is 28.6. The number of rotatable bonds is 10. The zero-order chi connectivity index (χ0) is 62.8. The molecule has 4 aliphatic heterocycles. The summed E-state index contributed by atoms with van der Waals surface area (Å²) >= 11 is 6.19. The first-order chi connectivity index (χ1) is 41.6. The van der Waals surface area contributed by atoms with Crippen LogP contribution in [0.1, 0.15) is 196 Å². The maximum absolute atomic E-state index is 14.7. The molecule has 1 amide bonds. The number of allylic oxidation sites excluding steroid dienone is 3. The molecule has 17 heteroatoms. The zero-order valence-electron chi connectivity index (χ0n) is 55.9. The number of likely N-dealkylation sites (tertiary alicyclic amines) is 1. The topological polar surface area (TPSA) is 118 Å². The first-order valence-corrected chi connectivity index (χ1v) is 34.9. The van der Waals surface area contributed by atoms with E-state index in [4.69, 9.17) is 16.6 Å². The molecule has 6 aliphatic rings. The lowest BCUT2D eigenvalue weighted by Gasteiger charge is -2.60. The van der Waals surface area contributed by atoms with E-state index in [1.165, 1.54) is 74.9 Å². The number of halogens is 4. The van der Waals surface area contributed by atoms with Crippen LogP contribution in [0.5, 0.6) is 0 Å². The smallest absolute Gasteiger partial charge is 0.390 e. The minimum Gasteiger partial charge on any atom is -0.390 e. The number of alkyl halides is 3. The number of aryl methyl sites for hydroxylation is 1. The Morgan fingerprint density at radius 2 is 1.55 bits per heavy atom. The lowest BCUT2D eigenvalue weighted by molar-refractivity contribution is -0.162. The van der Waals surface area contributed by atoms with Gasteiger partial charge in [-0.25, -0.2) is 0 Å². The summed E-state index contributed by atoms with van der Waals surface area (Å²) in [5.74, 6) is 1.79. The molecule has 5 fully saturated rings. The van der Waals surface area contributed by atoms with Gasteiger partial charge in [0, 0.05) is 168 Å². The SMILES string of the molecule is CC[C@@H]1NC[C@H]([C@@H](C)CC)NC(C)[C@H](C)N2CCCC2=CN(C)C(CC2CCCCC2)=CN(C)C=CN=C(CCc2ccc(C(F)(F)F)c(Cl)c2)C=CNCCNCC2(CCCC2)NC(C)[C@H](C(C)C)N2C(C)[C@H](C(=O)N3CCCCC3)C2CNC1C. The molecule has 7 rings (SSSR count). The van der Waals surface area contributed by atoms with Crippen molar-refractivity contribution in [1.82, 2.24) is 56.4 Å². The minimum absolute atomic E-state index is 0.0355. The highest BCUT2D eigenvalue weighted by Gasteiger charge is 2.55. The fourth-order valence-corrected chi connectivity index (χ4v) is 15.9. The molecule has 11 atom stereocenters. The van der Waals surface area contributed by atoms with Crippen LogP contribution in [0.4, 0.5) is 13.2 Å². The van der Waals surface area contributed by atoms with E-state index in [2.05, 4.69) is 152 Å². The van der Waals surface area contributed by atoms with Crippen LogP contribution in [0.2, 0.25) is 5.02 Å². The van der Waals surface area contributed by atoms with Gasteiger partial charge >= 0.3 is 6.18 Å². The number of aliphatic imine (C=N–C) groups is 1. The fourth-order valence-electron chi connectivity index (χ4n) is 15.6. The molecular weight excluding hydrogens is 1120 g/mol. The van der Waals surface area contributed by atoms with Gasteiger partial charge < -0.3 is 51.5 Å². The summed E-state index contributed by atoms with van der Waals surface area (Å²) in [5, 5.41) is 23.7. The van der Waals surface area contributed by atoms with Crippen LogP contribution < -0.4 is 31.9 Å². The van der Waals surface area contributed by atoms with Crippen molar-refractivity contribution in [2.75, 3.05) is 66.5 Å². The molecule has 3 saturated heterocycles. The summed E-state index contributed by atoms with van der Waals surface area (Å²) in [4.78, 5) is 31.8. The van der Waals surface area contributed by atoms with Crippen LogP contribution in [0.25, 0.3) is 0 Å². The molecule has 13 nitrogen and oxygen atoms in total. The van der Waals surface area contributed by atoms with Gasteiger partial charge in [0.05, 0.1) is 16.5 Å². The van der Waals surface area contributed by atoms with E-state index < -0.39 is 11.7 Å². The third-order valence-corrected chi connectivity index (χ3v) is 21.4. The molecule has 87 heavy (non-hydrogen) atoms. The predicted molar refractivity (Wildman–Crippen MR) is 356 cm³/mol. The van der Waals surface area contributed by atoms with Crippen molar-refractivity contribution >= 4 is 23.2 Å². The van der Waals surface area contributed by atoms with Crippen molar-refractivity contribution in [3.05, 3.63) is 82.8 Å². The Bertz CT molecular complexity index is 2410. The van der Waals surface area contributed by atoms with Gasteiger partial charge in [0.25, 0.3) is 0 Å². The van der Waals surface area contributed by atoms with Crippen LogP contribution in [0.3, 0.4) is 0 Å². The van der Waals surface area contributed by atoms with Gasteiger partial charge in [0.1, 0.15) is 0 Å². The lowest BCUT2D eigenvalue weighted by Crippen LogP contribution is -2.76. The number of carbonyl (C=O) groups excluding carboxylic acids is 1. The molecule has 2 saturated carbocycles. The molecule has 1 aromatic rings. The highest BCUT2D eigenvalue weighted by molar-refractivity contribution is 6.31. The second-order valence-electron chi connectivity index (χ2n) is 27.8. The van der Waals surface area contributed by atoms with Gasteiger partial charge in [-0.1, -0.05) is 104 Å². The van der Waals surface area contributed by atoms with Gasteiger partial charge in [0.2, 0.25) is 5.91 Å². The maximum atomic E-state index is 14.7. The number of hydrogen-bond donors (Lipinski definition) is 6. The Labute approximate surface area is 530 Å². The summed E-state index contributed by atoms with van der Waals surface area (Å²) in [7, 11) is 4.30. The van der Waals surface area contributed by atoms with E-state index in [1.807, 2.05) is 24.7 Å². The number of carbonyl (C=O) groups is 1. The third kappa shape index (κ3) is 19.9. The monoisotopic (exact) mass is 1230 g/mol. The Morgan fingerprint density at radius 3 is 2.23 bits per heavy atom. The van der Waals surface area contributed by atoms with Crippen molar-refractivity contribution in [1.29, 1.82) is 0 Å². The van der Waals surface area contributed by atoms with Crippen LogP contribution >= 0.6 is 11.6 Å². The van der Waals surface area contributed by atoms with Gasteiger partial charge in [0.15, 0.2) is 0 Å². The van der Waals surface area contributed by atoms with Crippen molar-refractivity contribution < 1.29 is 18.0 Å². The number of hydrogen-bond acceptors (Lipinski definition) is 12. The van der Waals surface area contributed by atoms with Crippen LogP contribution in [-0.2, 0) is 17.4 Å². The molecule has 0 bridgehead atoms. The summed E-state index contributed by atoms with van der Waals surface area (Å²) in [6, 6.07) is 6.01. The van der Waals surface area contributed by atoms with Crippen molar-refractivity contribution in [3.63, 3.8) is 0 Å². The highest BCUT2D eigenvalue weighted by atomic mass is 35.5. The number of benzene rings is 1. The van der Waals surface area contributed by atoms with Crippen molar-refractivity contribution in [2.24, 2.45) is 28.7 Å². The second kappa shape index (κ2) is 34.1. The van der Waals surface area contributed by atoms with E-state index >= 15 is 0 Å². The van der Waals surface area contributed by atoms with Crippen LogP contribution in [0, 0.1) is 23.7 Å². The van der Waals surface area contributed by atoms with Crippen LogP contribution in [-0.4, -0.2) is 162 Å². The maximum Gasteiger partial charge on any atom is 0.417 e. The molecule has 4 heterocycles. The highest BCUT2D eigenvalue weighted by Crippen LogP contribution is 2.41. The average Bonchev–Trinajstić information content (AvgIpc) is 1.42. The molecule has 5 unspecified atom stereocenters. The first kappa shape index (κ1) is 70.8. The van der Waals surface area contributed by atoms with Gasteiger partial charge in [-0.3, -0.25) is 14.7 Å². The third-order valence-electron chi connectivity index (χ3n) is 21.1. The van der Waals surface area contributed by atoms with E-state index in [-0.39, 0.29) is 64.8 Å². The Hall–Kier alpha value is -3.64. The minimum atomic E-state index is -4.51. The molecule has 1 aromatic carbocycles. The zero-order valence-corrected chi connectivity index (χ0v) is 56.7. The molecule has 1 spiro atoms. The molecule has 492 valence electrons. The Kier molecular flexibility index (Phi) is 27.8. The normalized spacial score (nSPS) is 30.4. The van der Waals surface area contributed by atoms with E-state index in [9.17, 15) is 18.0 Å². The summed E-state index contributed by atoms with van der Waals surface area (Å²) in [5.41, 5.74) is 3.32. The van der Waals surface area contributed by atoms with E-state index in [1.54, 1.807) is 0 Å². The standard InChI is InChI=1S/C70H118ClF3N12O/c1-13-50(5)64-44-79-63(14-2)52(7)78-45-65-66(68(87)84-38-21-16-22-39-84)55(10)86(65)67(49(3)4)53(8)81-69(32-19-20-33-69)48-76-36-35-75-34-31-58(29-27-57-28-30-61(62(71)43-57)70(72,73)74)77-37-41-82(11)46-60(42-56-24-17-15-18-25-56)83(12)47-59-26-23-40-85(59)54(9)51(6)80-64/h28,30-31,34,37,41,43,46-47,49-56,63-67,75-76,78-81H,13-27,29,32-33,35-36,38-40,42,44-45,48H2,1-12H3/t50-,51?,52?,53?,54-,55?,63-,64+,65?,66-,67-/m0/s1. The molecule has 0 radical (unpaired) electrons. The molecule has 0 aromatic heterocycles. The van der Waals surface area contributed by atoms with Crippen molar-refractivity contribution in [3.8, 4) is 0 Å². The lowest BCUT2D eigenvalue weighted by atomic mass is 9.74. The largest absolute Gasteiger partial charge is 0.417 e. The van der Waals surface area contributed by atoms with Crippen LogP contribution in [0.15, 0.2) is 71.7 Å². The van der Waals surface area contributed by atoms with Gasteiger partial charge in [-0.05, 0) is 153 Å². The summed E-state index contributed by atoms with van der Waals surface area (Å²) in [6.45, 7) is 30.4. The van der Waals surface area contributed by atoms with Crippen molar-refractivity contribution in [2.45, 2.75) is 257 Å². The second-order valence-corrected chi connectivity index (χ2v) is 28.3. The Balaban J connectivity index is 1.17. The van der Waals surface area contributed by atoms with Gasteiger partial charge in [-0.2, -0.15) is 13.2 Å².